The molecular formula is C16H20N4O4S. The van der Waals surface area contributed by atoms with Gasteiger partial charge in [0.2, 0.25) is 5.91 Å². The van der Waals surface area contributed by atoms with Crippen molar-refractivity contribution in [2.75, 3.05) is 20.3 Å². The number of hydrogen-bond donors (Lipinski definition) is 3. The number of hydrazine groups is 1. The van der Waals surface area contributed by atoms with Crippen LogP contribution in [0.25, 0.3) is 0 Å². The number of rotatable bonds is 6. The number of imide groups is 1. The maximum absolute atomic E-state index is 12.2. The second-order valence-corrected chi connectivity index (χ2v) is 5.97. The number of nitrogens with one attached hydrogen (secondary N) is 3. The molecular weight excluding hydrogens is 344 g/mol. The summed E-state index contributed by atoms with van der Waals surface area (Å²) in [5, 5.41) is 3.17. The monoisotopic (exact) mass is 364 g/mol. The smallest absolute Gasteiger partial charge is 0.261 e. The summed E-state index contributed by atoms with van der Waals surface area (Å²) >= 11 is 5.03. The number of carbonyl (C=O) groups excluding carboxylic acids is 3. The molecule has 0 unspecified atom stereocenters. The number of hydrogen-bond acceptors (Lipinski definition) is 5. The number of methoxy groups -OCH3 is 1. The lowest BCUT2D eigenvalue weighted by molar-refractivity contribution is -0.121. The van der Waals surface area contributed by atoms with Crippen molar-refractivity contribution in [1.82, 2.24) is 21.1 Å². The Bertz CT molecular complexity index is 659. The first-order valence-electron chi connectivity index (χ1n) is 7.73. The van der Waals surface area contributed by atoms with E-state index in [9.17, 15) is 14.4 Å². The number of fused-ring (bicyclic) bond motifs is 1. The van der Waals surface area contributed by atoms with Gasteiger partial charge in [0, 0.05) is 26.1 Å². The fourth-order valence-corrected chi connectivity index (χ4v) is 2.65. The lowest BCUT2D eigenvalue weighted by Gasteiger charge is -2.17. The lowest BCUT2D eigenvalue weighted by atomic mass is 10.1. The zero-order valence-electron chi connectivity index (χ0n) is 14.0. The van der Waals surface area contributed by atoms with Crippen LogP contribution in [0.4, 0.5) is 0 Å². The number of nitrogens with zero attached hydrogens (tertiary/aromatic N) is 1. The first kappa shape index (κ1) is 18.8. The van der Waals surface area contributed by atoms with Crippen LogP contribution >= 0.6 is 12.2 Å². The summed E-state index contributed by atoms with van der Waals surface area (Å²) in [6, 6.07) is 6.58. The SMILES string of the molecule is COC[C@@H](C)NC(=S)NNC(=O)CCN1C(=O)c2ccccc2C1=O. The van der Waals surface area contributed by atoms with Crippen molar-refractivity contribution < 1.29 is 19.1 Å². The van der Waals surface area contributed by atoms with Crippen LogP contribution in [0.2, 0.25) is 0 Å². The standard InChI is InChI=1S/C16H20N4O4S/c1-10(9-24-2)17-16(25)19-18-13(21)7-8-20-14(22)11-5-3-4-6-12(11)15(20)23/h3-6,10H,7-9H2,1-2H3,(H,18,21)(H2,17,19,25)/t10-/m1/s1. The molecule has 3 amide bonds. The Labute approximate surface area is 150 Å². The molecule has 0 aromatic heterocycles. The normalized spacial score (nSPS) is 14.1. The molecule has 0 fully saturated rings. The van der Waals surface area contributed by atoms with Gasteiger partial charge in [-0.1, -0.05) is 12.1 Å². The van der Waals surface area contributed by atoms with E-state index < -0.39 is 0 Å². The van der Waals surface area contributed by atoms with Gasteiger partial charge in [0.1, 0.15) is 0 Å². The number of thiocarbonyl (C=S) groups is 1. The van der Waals surface area contributed by atoms with Gasteiger partial charge in [-0.25, -0.2) is 0 Å². The fraction of sp³-hybridized carbons (Fsp3) is 0.375. The summed E-state index contributed by atoms with van der Waals surface area (Å²) in [6.07, 6.45) is -0.0330. The van der Waals surface area contributed by atoms with Crippen LogP contribution in [0, 0.1) is 0 Å². The number of amides is 3. The topological polar surface area (TPSA) is 99.8 Å². The Hall–Kier alpha value is -2.52. The van der Waals surface area contributed by atoms with Crippen molar-refractivity contribution in [2.24, 2.45) is 0 Å². The van der Waals surface area contributed by atoms with Crippen molar-refractivity contribution in [3.05, 3.63) is 35.4 Å². The van der Waals surface area contributed by atoms with Gasteiger partial charge >= 0.3 is 0 Å². The van der Waals surface area contributed by atoms with Crippen LogP contribution < -0.4 is 16.2 Å². The van der Waals surface area contributed by atoms with E-state index in [0.29, 0.717) is 17.7 Å². The zero-order valence-corrected chi connectivity index (χ0v) is 14.8. The van der Waals surface area contributed by atoms with Crippen LogP contribution in [0.15, 0.2) is 24.3 Å². The predicted octanol–water partition coefficient (Wildman–Crippen LogP) is 0.203. The fourth-order valence-electron chi connectivity index (χ4n) is 2.40. The maximum atomic E-state index is 12.2. The van der Waals surface area contributed by atoms with Crippen LogP contribution in [-0.2, 0) is 9.53 Å². The molecule has 1 aliphatic heterocycles. The Morgan fingerprint density at radius 2 is 1.80 bits per heavy atom. The van der Waals surface area contributed by atoms with Crippen molar-refractivity contribution in [3.63, 3.8) is 0 Å². The predicted molar refractivity (Wildman–Crippen MR) is 94.8 cm³/mol. The summed E-state index contributed by atoms with van der Waals surface area (Å²) in [7, 11) is 1.58. The summed E-state index contributed by atoms with van der Waals surface area (Å²) in [5.41, 5.74) is 5.71. The average Bonchev–Trinajstić information content (AvgIpc) is 2.83. The molecule has 0 bridgehead atoms. The third-order valence-corrected chi connectivity index (χ3v) is 3.77. The Morgan fingerprint density at radius 1 is 1.20 bits per heavy atom. The quantitative estimate of drug-likeness (QED) is 0.377. The Balaban J connectivity index is 1.77. The number of benzene rings is 1. The summed E-state index contributed by atoms with van der Waals surface area (Å²) in [6.45, 7) is 2.34. The third-order valence-electron chi connectivity index (χ3n) is 3.55. The first-order valence-corrected chi connectivity index (χ1v) is 8.14. The van der Waals surface area contributed by atoms with E-state index in [1.54, 1.807) is 31.4 Å². The maximum Gasteiger partial charge on any atom is 0.261 e. The second-order valence-electron chi connectivity index (χ2n) is 5.56. The van der Waals surface area contributed by atoms with E-state index in [4.69, 9.17) is 17.0 Å². The molecule has 0 aliphatic carbocycles. The minimum atomic E-state index is -0.389. The van der Waals surface area contributed by atoms with E-state index >= 15 is 0 Å². The minimum absolute atomic E-state index is 0.000127. The molecule has 0 saturated heterocycles. The summed E-state index contributed by atoms with van der Waals surface area (Å²) in [4.78, 5) is 37.3. The highest BCUT2D eigenvalue weighted by atomic mass is 32.1. The second kappa shape index (κ2) is 8.54. The summed E-state index contributed by atoms with van der Waals surface area (Å²) < 4.78 is 4.97. The van der Waals surface area contributed by atoms with Crippen LogP contribution in [0.1, 0.15) is 34.1 Å². The molecule has 134 valence electrons. The molecule has 0 spiro atoms. The van der Waals surface area contributed by atoms with Gasteiger partial charge in [0.15, 0.2) is 5.11 Å². The molecule has 0 saturated carbocycles. The molecule has 3 N–H and O–H groups in total. The molecule has 1 heterocycles. The minimum Gasteiger partial charge on any atom is -0.383 e. The van der Waals surface area contributed by atoms with E-state index in [-0.39, 0.29) is 41.8 Å². The van der Waals surface area contributed by atoms with E-state index in [2.05, 4.69) is 16.2 Å². The highest BCUT2D eigenvalue weighted by molar-refractivity contribution is 7.80. The van der Waals surface area contributed by atoms with Gasteiger partial charge in [0.05, 0.1) is 17.7 Å². The highest BCUT2D eigenvalue weighted by Gasteiger charge is 2.34. The van der Waals surface area contributed by atoms with Gasteiger partial charge in [-0.05, 0) is 31.3 Å². The molecule has 1 aliphatic rings. The van der Waals surface area contributed by atoms with Crippen molar-refractivity contribution in [3.8, 4) is 0 Å². The van der Waals surface area contributed by atoms with Crippen LogP contribution in [-0.4, -0.2) is 54.0 Å². The van der Waals surface area contributed by atoms with E-state index in [1.165, 1.54) is 0 Å². The summed E-state index contributed by atoms with van der Waals surface area (Å²) in [5.74, 6) is -1.15. The van der Waals surface area contributed by atoms with Crippen LogP contribution in [0.5, 0.6) is 0 Å². The highest BCUT2D eigenvalue weighted by Crippen LogP contribution is 2.22. The number of ether oxygens (including phenoxy) is 1. The first-order chi connectivity index (χ1) is 11.9. The van der Waals surface area contributed by atoms with Gasteiger partial charge in [-0.2, -0.15) is 0 Å². The third kappa shape index (κ3) is 4.74. The average molecular weight is 364 g/mol. The lowest BCUT2D eigenvalue weighted by Crippen LogP contribution is -2.50. The van der Waals surface area contributed by atoms with Gasteiger partial charge < -0.3 is 10.1 Å². The van der Waals surface area contributed by atoms with Crippen LogP contribution in [0.3, 0.4) is 0 Å². The van der Waals surface area contributed by atoms with Gasteiger partial charge in [-0.3, -0.25) is 30.1 Å². The van der Waals surface area contributed by atoms with Gasteiger partial charge in [0.25, 0.3) is 11.8 Å². The van der Waals surface area contributed by atoms with Crippen molar-refractivity contribution in [2.45, 2.75) is 19.4 Å². The molecule has 1 aromatic rings. The molecule has 0 radical (unpaired) electrons. The molecule has 2 rings (SSSR count). The zero-order chi connectivity index (χ0) is 18.4. The molecule has 1 atom stereocenters. The number of carbonyl (C=O) groups is 3. The Kier molecular flexibility index (Phi) is 6.43. The van der Waals surface area contributed by atoms with E-state index in [0.717, 1.165) is 4.90 Å². The molecule has 8 nitrogen and oxygen atoms in total. The van der Waals surface area contributed by atoms with Crippen molar-refractivity contribution in [1.29, 1.82) is 0 Å². The van der Waals surface area contributed by atoms with E-state index in [1.807, 2.05) is 6.92 Å². The largest absolute Gasteiger partial charge is 0.383 e. The Morgan fingerprint density at radius 3 is 2.36 bits per heavy atom. The van der Waals surface area contributed by atoms with Crippen molar-refractivity contribution >= 4 is 35.1 Å². The molecule has 1 aromatic carbocycles. The molecule has 9 heteroatoms. The van der Waals surface area contributed by atoms with Gasteiger partial charge in [-0.15, -0.1) is 0 Å². The molecule has 25 heavy (non-hydrogen) atoms.